The molecule has 0 unspecified atom stereocenters. The van der Waals surface area contributed by atoms with Crippen molar-refractivity contribution in [2.24, 2.45) is 0 Å². The van der Waals surface area contributed by atoms with Crippen LogP contribution in [0.2, 0.25) is 10.0 Å². The lowest BCUT2D eigenvalue weighted by Crippen LogP contribution is -2.11. The van der Waals surface area contributed by atoms with Gasteiger partial charge in [0.15, 0.2) is 5.82 Å². The normalized spacial score (nSPS) is 11.5. The van der Waals surface area contributed by atoms with E-state index in [1.54, 1.807) is 76.2 Å². The predicted octanol–water partition coefficient (Wildman–Crippen LogP) is 9.00. The Labute approximate surface area is 302 Å². The minimum Gasteiger partial charge on any atom is -0.462 e. The predicted molar refractivity (Wildman–Crippen MR) is 201 cm³/mol. The summed E-state index contributed by atoms with van der Waals surface area (Å²) in [6, 6.07) is 14.1. The summed E-state index contributed by atoms with van der Waals surface area (Å²) in [5.74, 6) is -0.888. The minimum absolute atomic E-state index is 0.164. The first-order valence-electron chi connectivity index (χ1n) is 15.5. The van der Waals surface area contributed by atoms with Crippen LogP contribution < -0.4 is 11.3 Å². The number of H-pyrrole nitrogens is 1. The SMILES string of the molecule is CCOC(=O)c1c(C)nc2sc(-c3nc4c(sc5nc(C)c(C(=O)OCC)c(-c6ccc(Cl)cc6)c54)c(=O)[nH]3)c(N)c2c1-c1ccc(Cl)cc1. The summed E-state index contributed by atoms with van der Waals surface area (Å²) >= 11 is 14.9. The quantitative estimate of drug-likeness (QED) is 0.152. The summed E-state index contributed by atoms with van der Waals surface area (Å²) in [5.41, 5.74) is 11.0. The van der Waals surface area contributed by atoms with Crippen LogP contribution in [0.3, 0.4) is 0 Å². The molecule has 0 amide bonds. The number of carbonyl (C=O) groups excluding carboxylic acids is 2. The number of nitrogens with two attached hydrogens (primary N) is 1. The van der Waals surface area contributed by atoms with Crippen LogP contribution in [0.15, 0.2) is 53.3 Å². The number of anilines is 1. The number of nitrogens with one attached hydrogen (secondary N) is 1. The summed E-state index contributed by atoms with van der Waals surface area (Å²) in [7, 11) is 0. The molecule has 0 saturated carbocycles. The van der Waals surface area contributed by atoms with Gasteiger partial charge in [-0.3, -0.25) is 4.79 Å². The van der Waals surface area contributed by atoms with Gasteiger partial charge in [-0.15, -0.1) is 22.7 Å². The lowest BCUT2D eigenvalue weighted by atomic mass is 9.95. The molecular weight excluding hydrogens is 717 g/mol. The summed E-state index contributed by atoms with van der Waals surface area (Å²) < 4.78 is 11.2. The number of pyridine rings is 2. The number of rotatable bonds is 7. The number of aryl methyl sites for hydroxylation is 2. The molecule has 7 rings (SSSR count). The van der Waals surface area contributed by atoms with Crippen molar-refractivity contribution >= 4 is 94.2 Å². The topological polar surface area (TPSA) is 150 Å². The van der Waals surface area contributed by atoms with E-state index in [0.29, 0.717) is 79.2 Å². The van der Waals surface area contributed by atoms with Gasteiger partial charge in [-0.25, -0.2) is 24.5 Å². The number of aromatic amines is 1. The standard InChI is InChI=1S/C36H27Cl2N5O5S2/c1-5-47-35(45)21-15(3)40-33-25(23(21)17-7-11-19(37)12-8-17)27(39)29(49-33)31-42-28-26-24(18-9-13-20(38)14-10-18)22(36(46)48-6-2)16(4)41-34(26)50-30(28)32(44)43-31/h7-14H,5-6,39H2,1-4H3,(H,42,43,44). The van der Waals surface area contributed by atoms with Gasteiger partial charge < -0.3 is 20.2 Å². The second-order valence-electron chi connectivity index (χ2n) is 11.2. The first-order chi connectivity index (χ1) is 24.0. The minimum atomic E-state index is -0.545. The van der Waals surface area contributed by atoms with E-state index in [2.05, 4.69) is 4.98 Å². The molecule has 2 aromatic carbocycles. The van der Waals surface area contributed by atoms with E-state index in [0.717, 1.165) is 0 Å². The average Bonchev–Trinajstić information content (AvgIpc) is 3.61. The van der Waals surface area contributed by atoms with E-state index >= 15 is 0 Å². The van der Waals surface area contributed by atoms with Crippen molar-refractivity contribution in [3.05, 3.63) is 91.4 Å². The molecule has 0 saturated heterocycles. The van der Waals surface area contributed by atoms with E-state index in [1.807, 2.05) is 0 Å². The Hall–Kier alpha value is -4.88. The second kappa shape index (κ2) is 13.1. The van der Waals surface area contributed by atoms with E-state index in [-0.39, 0.29) is 35.9 Å². The van der Waals surface area contributed by atoms with Crippen LogP contribution in [-0.2, 0) is 9.47 Å². The molecule has 0 radical (unpaired) electrons. The highest BCUT2D eigenvalue weighted by Crippen LogP contribution is 2.47. The second-order valence-corrected chi connectivity index (χ2v) is 14.1. The van der Waals surface area contributed by atoms with E-state index in [9.17, 15) is 14.4 Å². The Morgan fingerprint density at radius 3 is 1.74 bits per heavy atom. The molecule has 0 aliphatic heterocycles. The van der Waals surface area contributed by atoms with Gasteiger partial charge in [-0.2, -0.15) is 0 Å². The number of nitrogen functional groups attached to an aromatic ring is 1. The zero-order valence-corrected chi connectivity index (χ0v) is 30.2. The Kier molecular flexibility index (Phi) is 8.81. The van der Waals surface area contributed by atoms with Crippen molar-refractivity contribution in [2.75, 3.05) is 18.9 Å². The van der Waals surface area contributed by atoms with Gasteiger partial charge in [-0.05, 0) is 63.1 Å². The molecule has 10 nitrogen and oxygen atoms in total. The highest BCUT2D eigenvalue weighted by Gasteiger charge is 2.29. The molecule has 0 aliphatic carbocycles. The van der Waals surface area contributed by atoms with Crippen LogP contribution in [0.1, 0.15) is 46.0 Å². The largest absolute Gasteiger partial charge is 0.462 e. The summed E-state index contributed by atoms with van der Waals surface area (Å²) in [5, 5.41) is 2.09. The third-order valence-electron chi connectivity index (χ3n) is 8.15. The molecular formula is C36H27Cl2N5O5S2. The molecule has 0 spiro atoms. The smallest absolute Gasteiger partial charge is 0.340 e. The van der Waals surface area contributed by atoms with Gasteiger partial charge in [0.05, 0.1) is 51.8 Å². The third kappa shape index (κ3) is 5.58. The fourth-order valence-corrected chi connectivity index (χ4v) is 8.47. The number of thiophene rings is 2. The highest BCUT2D eigenvalue weighted by atomic mass is 35.5. The zero-order valence-electron chi connectivity index (χ0n) is 27.1. The summed E-state index contributed by atoms with van der Waals surface area (Å²) in [6.07, 6.45) is 0. The zero-order chi connectivity index (χ0) is 35.4. The number of hydrogen-bond acceptors (Lipinski definition) is 11. The third-order valence-corrected chi connectivity index (χ3v) is 10.8. The van der Waals surface area contributed by atoms with Gasteiger partial charge in [-0.1, -0.05) is 47.5 Å². The van der Waals surface area contributed by atoms with Gasteiger partial charge >= 0.3 is 11.9 Å². The molecule has 5 aromatic heterocycles. The van der Waals surface area contributed by atoms with Crippen molar-refractivity contribution in [1.29, 1.82) is 0 Å². The number of aromatic nitrogens is 4. The fraction of sp³-hybridized carbons (Fsp3) is 0.167. The maximum Gasteiger partial charge on any atom is 0.340 e. The summed E-state index contributed by atoms with van der Waals surface area (Å²) in [4.78, 5) is 59.4. The molecule has 0 atom stereocenters. The Morgan fingerprint density at radius 2 is 1.24 bits per heavy atom. The molecule has 50 heavy (non-hydrogen) atoms. The number of hydrogen-bond donors (Lipinski definition) is 2. The monoisotopic (exact) mass is 743 g/mol. The molecule has 252 valence electrons. The van der Waals surface area contributed by atoms with Crippen LogP contribution >= 0.6 is 45.9 Å². The first-order valence-corrected chi connectivity index (χ1v) is 17.9. The molecule has 7 aromatic rings. The Bertz CT molecular complexity index is 2580. The number of benzene rings is 2. The van der Waals surface area contributed by atoms with Crippen LogP contribution in [-0.4, -0.2) is 45.1 Å². The van der Waals surface area contributed by atoms with Gasteiger partial charge in [0.25, 0.3) is 5.56 Å². The lowest BCUT2D eigenvalue weighted by molar-refractivity contribution is 0.0516. The van der Waals surface area contributed by atoms with Crippen LogP contribution in [0.4, 0.5) is 5.69 Å². The van der Waals surface area contributed by atoms with Gasteiger partial charge in [0.2, 0.25) is 0 Å². The van der Waals surface area contributed by atoms with E-state index < -0.39 is 17.5 Å². The Morgan fingerprint density at radius 1 is 0.760 bits per heavy atom. The molecule has 3 N–H and O–H groups in total. The van der Waals surface area contributed by atoms with Crippen LogP contribution in [0, 0.1) is 13.8 Å². The molecule has 0 bridgehead atoms. The number of ether oxygens (including phenoxy) is 2. The lowest BCUT2D eigenvalue weighted by Gasteiger charge is -2.14. The average molecular weight is 745 g/mol. The molecule has 5 heterocycles. The number of carbonyl (C=O) groups is 2. The first kappa shape index (κ1) is 33.6. The maximum atomic E-state index is 13.8. The van der Waals surface area contributed by atoms with Gasteiger partial charge in [0, 0.05) is 31.9 Å². The number of halogens is 2. The van der Waals surface area contributed by atoms with Crippen molar-refractivity contribution in [1.82, 2.24) is 19.9 Å². The van der Waals surface area contributed by atoms with Gasteiger partial charge in [0.1, 0.15) is 14.4 Å². The molecule has 0 fully saturated rings. The number of fused-ring (bicyclic) bond motifs is 4. The fourth-order valence-electron chi connectivity index (χ4n) is 6.06. The van der Waals surface area contributed by atoms with Crippen molar-refractivity contribution in [2.45, 2.75) is 27.7 Å². The Balaban J connectivity index is 1.55. The molecule has 0 aliphatic rings. The number of esters is 2. The van der Waals surface area contributed by atoms with Crippen molar-refractivity contribution < 1.29 is 19.1 Å². The van der Waals surface area contributed by atoms with Crippen LogP contribution in [0.5, 0.6) is 0 Å². The van der Waals surface area contributed by atoms with Crippen molar-refractivity contribution in [3.8, 4) is 33.0 Å². The maximum absolute atomic E-state index is 13.8. The number of nitrogens with zero attached hydrogens (tertiary/aromatic N) is 3. The van der Waals surface area contributed by atoms with E-state index in [4.69, 9.17) is 53.4 Å². The summed E-state index contributed by atoms with van der Waals surface area (Å²) in [6.45, 7) is 7.26. The van der Waals surface area contributed by atoms with Crippen LogP contribution in [0.25, 0.3) is 63.6 Å². The molecule has 14 heteroatoms. The van der Waals surface area contributed by atoms with Crippen molar-refractivity contribution in [3.63, 3.8) is 0 Å². The van der Waals surface area contributed by atoms with E-state index in [1.165, 1.54) is 22.7 Å². The highest BCUT2D eigenvalue weighted by molar-refractivity contribution is 7.25.